The van der Waals surface area contributed by atoms with Crippen LogP contribution in [0.3, 0.4) is 0 Å². The van der Waals surface area contributed by atoms with Gasteiger partial charge in [-0.25, -0.2) is 0 Å². The number of fused-ring (bicyclic) bond motifs is 1. The number of carbonyl (C=O) groups is 2. The molecule has 2 aromatic carbocycles. The van der Waals surface area contributed by atoms with Gasteiger partial charge in [-0.05, 0) is 48.6 Å². The van der Waals surface area contributed by atoms with Crippen molar-refractivity contribution in [3.8, 4) is 5.75 Å². The maximum absolute atomic E-state index is 12.4. The molecule has 130 valence electrons. The zero-order chi connectivity index (χ0) is 17.6. The number of hydrogen-bond acceptors (Lipinski definition) is 3. The second-order valence-electron chi connectivity index (χ2n) is 6.29. The first-order valence-electron chi connectivity index (χ1n) is 8.48. The molecule has 2 N–H and O–H groups in total. The van der Waals surface area contributed by atoms with E-state index in [2.05, 4.69) is 16.7 Å². The highest BCUT2D eigenvalue weighted by Gasteiger charge is 2.18. The van der Waals surface area contributed by atoms with E-state index >= 15 is 0 Å². The van der Waals surface area contributed by atoms with Crippen molar-refractivity contribution in [1.29, 1.82) is 0 Å². The Balaban J connectivity index is 1.60. The second-order valence-corrected chi connectivity index (χ2v) is 6.29. The van der Waals surface area contributed by atoms with E-state index in [0.717, 1.165) is 18.6 Å². The molecule has 2 aromatic rings. The van der Waals surface area contributed by atoms with Crippen LogP contribution in [-0.4, -0.2) is 25.0 Å². The summed E-state index contributed by atoms with van der Waals surface area (Å²) < 4.78 is 5.77. The van der Waals surface area contributed by atoms with E-state index in [0.29, 0.717) is 30.3 Å². The Labute approximate surface area is 147 Å². The summed E-state index contributed by atoms with van der Waals surface area (Å²) in [6.45, 7) is 2.70. The predicted molar refractivity (Wildman–Crippen MR) is 96.8 cm³/mol. The van der Waals surface area contributed by atoms with Gasteiger partial charge in [0.25, 0.3) is 5.91 Å². The minimum absolute atomic E-state index is 0.134. The predicted octanol–water partition coefficient (Wildman–Crippen LogP) is 3.02. The highest BCUT2D eigenvalue weighted by molar-refractivity contribution is 5.96. The summed E-state index contributed by atoms with van der Waals surface area (Å²) in [7, 11) is 0. The molecule has 0 fully saturated rings. The van der Waals surface area contributed by atoms with Gasteiger partial charge in [0, 0.05) is 24.7 Å². The fraction of sp³-hybridized carbons (Fsp3) is 0.300. The molecule has 0 aromatic heterocycles. The van der Waals surface area contributed by atoms with Crippen LogP contribution in [-0.2, 0) is 11.2 Å². The zero-order valence-electron chi connectivity index (χ0n) is 14.2. The lowest BCUT2D eigenvalue weighted by molar-refractivity contribution is -0.114. The average molecular weight is 338 g/mol. The molecule has 1 aliphatic rings. The van der Waals surface area contributed by atoms with E-state index in [-0.39, 0.29) is 11.8 Å². The number of benzene rings is 2. The normalized spacial score (nSPS) is 16.1. The quantitative estimate of drug-likeness (QED) is 0.900. The topological polar surface area (TPSA) is 67.4 Å². The minimum Gasteiger partial charge on any atom is -0.493 e. The molecule has 1 heterocycles. The van der Waals surface area contributed by atoms with Gasteiger partial charge in [-0.2, -0.15) is 0 Å². The largest absolute Gasteiger partial charge is 0.493 e. The molecule has 1 aliphatic heterocycles. The Morgan fingerprint density at radius 2 is 2.00 bits per heavy atom. The van der Waals surface area contributed by atoms with E-state index in [1.807, 2.05) is 18.2 Å². The molecule has 0 saturated carbocycles. The molecule has 25 heavy (non-hydrogen) atoms. The SMILES string of the molecule is CC(=O)Nc1cccc(C(=O)NC[C@@H]2CCOc3ccccc3C2)c1. The van der Waals surface area contributed by atoms with E-state index in [4.69, 9.17) is 4.74 Å². The standard InChI is InChI=1S/C20H22N2O3/c1-14(23)22-18-7-4-6-17(12-18)20(24)21-13-15-9-10-25-19-8-3-2-5-16(19)11-15/h2-8,12,15H,9-11,13H2,1H3,(H,21,24)(H,22,23)/t15-/m1/s1. The molecule has 5 nitrogen and oxygen atoms in total. The third kappa shape index (κ3) is 4.59. The lowest BCUT2D eigenvalue weighted by Gasteiger charge is -2.15. The van der Waals surface area contributed by atoms with Crippen LogP contribution in [0.25, 0.3) is 0 Å². The fourth-order valence-corrected chi connectivity index (χ4v) is 3.02. The lowest BCUT2D eigenvalue weighted by atomic mass is 9.97. The molecule has 3 rings (SSSR count). The highest BCUT2D eigenvalue weighted by atomic mass is 16.5. The molecule has 0 spiro atoms. The number of amides is 2. The van der Waals surface area contributed by atoms with Gasteiger partial charge in [0.2, 0.25) is 5.91 Å². The summed E-state index contributed by atoms with van der Waals surface area (Å²) >= 11 is 0. The van der Waals surface area contributed by atoms with Crippen molar-refractivity contribution < 1.29 is 14.3 Å². The summed E-state index contributed by atoms with van der Waals surface area (Å²) in [5.41, 5.74) is 2.35. The van der Waals surface area contributed by atoms with Crippen LogP contribution in [0.5, 0.6) is 5.75 Å². The number of carbonyl (C=O) groups excluding carboxylic acids is 2. The molecule has 0 bridgehead atoms. The lowest BCUT2D eigenvalue weighted by Crippen LogP contribution is -2.30. The highest BCUT2D eigenvalue weighted by Crippen LogP contribution is 2.26. The fourth-order valence-electron chi connectivity index (χ4n) is 3.02. The van der Waals surface area contributed by atoms with Crippen molar-refractivity contribution in [3.05, 3.63) is 59.7 Å². The molecule has 0 aliphatic carbocycles. The number of nitrogens with one attached hydrogen (secondary N) is 2. The number of anilines is 1. The molecule has 1 atom stereocenters. The molecule has 0 radical (unpaired) electrons. The van der Waals surface area contributed by atoms with Gasteiger partial charge in [0.05, 0.1) is 6.61 Å². The third-order valence-electron chi connectivity index (χ3n) is 4.26. The summed E-state index contributed by atoms with van der Waals surface area (Å²) in [5.74, 6) is 0.991. The van der Waals surface area contributed by atoms with E-state index in [1.54, 1.807) is 24.3 Å². The van der Waals surface area contributed by atoms with Gasteiger partial charge in [0.1, 0.15) is 5.75 Å². The van der Waals surface area contributed by atoms with Gasteiger partial charge in [0.15, 0.2) is 0 Å². The van der Waals surface area contributed by atoms with Gasteiger partial charge in [-0.1, -0.05) is 24.3 Å². The van der Waals surface area contributed by atoms with Gasteiger partial charge in [-0.3, -0.25) is 9.59 Å². The Bertz CT molecular complexity index is 773. The van der Waals surface area contributed by atoms with E-state index in [1.165, 1.54) is 12.5 Å². The van der Waals surface area contributed by atoms with Crippen molar-refractivity contribution in [1.82, 2.24) is 5.32 Å². The van der Waals surface area contributed by atoms with Crippen LogP contribution in [0.1, 0.15) is 29.3 Å². The molecule has 0 saturated heterocycles. The Morgan fingerprint density at radius 3 is 2.84 bits per heavy atom. The Morgan fingerprint density at radius 1 is 1.16 bits per heavy atom. The van der Waals surface area contributed by atoms with E-state index in [9.17, 15) is 9.59 Å². The van der Waals surface area contributed by atoms with Crippen LogP contribution in [0.4, 0.5) is 5.69 Å². The van der Waals surface area contributed by atoms with Crippen molar-refractivity contribution >= 4 is 17.5 Å². The van der Waals surface area contributed by atoms with Crippen molar-refractivity contribution in [2.24, 2.45) is 5.92 Å². The number of ether oxygens (including phenoxy) is 1. The smallest absolute Gasteiger partial charge is 0.251 e. The van der Waals surface area contributed by atoms with Crippen LogP contribution >= 0.6 is 0 Å². The Hall–Kier alpha value is -2.82. The van der Waals surface area contributed by atoms with Gasteiger partial charge >= 0.3 is 0 Å². The summed E-state index contributed by atoms with van der Waals surface area (Å²) in [5, 5.41) is 5.69. The minimum atomic E-state index is -0.158. The second kappa shape index (κ2) is 7.83. The third-order valence-corrected chi connectivity index (χ3v) is 4.26. The summed E-state index contributed by atoms with van der Waals surface area (Å²) in [4.78, 5) is 23.5. The summed E-state index contributed by atoms with van der Waals surface area (Å²) in [6.07, 6.45) is 1.79. The maximum atomic E-state index is 12.4. The molecule has 2 amide bonds. The average Bonchev–Trinajstić information content (AvgIpc) is 2.81. The number of rotatable bonds is 4. The molecule has 0 unspecified atom stereocenters. The van der Waals surface area contributed by atoms with Crippen LogP contribution in [0.2, 0.25) is 0 Å². The van der Waals surface area contributed by atoms with Crippen molar-refractivity contribution in [2.75, 3.05) is 18.5 Å². The molecule has 5 heteroatoms. The van der Waals surface area contributed by atoms with Crippen LogP contribution in [0.15, 0.2) is 48.5 Å². The Kier molecular flexibility index (Phi) is 5.33. The van der Waals surface area contributed by atoms with Gasteiger partial charge < -0.3 is 15.4 Å². The van der Waals surface area contributed by atoms with E-state index < -0.39 is 0 Å². The van der Waals surface area contributed by atoms with Gasteiger partial charge in [-0.15, -0.1) is 0 Å². The number of para-hydroxylation sites is 1. The van der Waals surface area contributed by atoms with Crippen molar-refractivity contribution in [3.63, 3.8) is 0 Å². The molecular weight excluding hydrogens is 316 g/mol. The first-order chi connectivity index (χ1) is 12.1. The number of hydrogen-bond donors (Lipinski definition) is 2. The van der Waals surface area contributed by atoms with Crippen molar-refractivity contribution in [2.45, 2.75) is 19.8 Å². The van der Waals surface area contributed by atoms with Crippen LogP contribution < -0.4 is 15.4 Å². The van der Waals surface area contributed by atoms with Crippen LogP contribution in [0, 0.1) is 5.92 Å². The summed E-state index contributed by atoms with van der Waals surface area (Å²) in [6, 6.07) is 15.0. The first kappa shape index (κ1) is 17.0. The first-order valence-corrected chi connectivity index (χ1v) is 8.48. The molecular formula is C20H22N2O3. The maximum Gasteiger partial charge on any atom is 0.251 e. The monoisotopic (exact) mass is 338 g/mol. The zero-order valence-corrected chi connectivity index (χ0v) is 14.2.